The van der Waals surface area contributed by atoms with Crippen molar-refractivity contribution in [3.8, 4) is 0 Å². The van der Waals surface area contributed by atoms with Gasteiger partial charge in [0.2, 0.25) is 0 Å². The van der Waals surface area contributed by atoms with E-state index >= 15 is 0 Å². The average molecular weight is 847 g/mol. The predicted octanol–water partition coefficient (Wildman–Crippen LogP) is -0.773. The van der Waals surface area contributed by atoms with Crippen LogP contribution in [-0.2, 0) is 41.4 Å². The first-order chi connectivity index (χ1) is 26.7. The fourth-order valence-corrected chi connectivity index (χ4v) is 9.07. The molecule has 0 bridgehead atoms. The van der Waals surface area contributed by atoms with Crippen LogP contribution in [-0.4, -0.2) is 109 Å². The van der Waals surface area contributed by atoms with Crippen LogP contribution < -0.4 is 33.7 Å². The van der Waals surface area contributed by atoms with E-state index in [1.807, 2.05) is 0 Å². The van der Waals surface area contributed by atoms with Gasteiger partial charge in [-0.05, 0) is 20.8 Å². The number of hydrogen-bond acceptors (Lipinski definition) is 17. The molecule has 3 saturated heterocycles. The van der Waals surface area contributed by atoms with E-state index in [-0.39, 0.29) is 36.0 Å². The number of aryl methyl sites for hydroxylation is 3. The van der Waals surface area contributed by atoms with Crippen molar-refractivity contribution in [2.75, 3.05) is 33.2 Å². The van der Waals surface area contributed by atoms with E-state index in [2.05, 4.69) is 15.0 Å². The molecule has 0 amide bonds. The van der Waals surface area contributed by atoms with Gasteiger partial charge < -0.3 is 42.5 Å². The first-order valence-electron chi connectivity index (χ1n) is 17.8. The molecule has 5 N–H and O–H groups in total. The quantitative estimate of drug-likeness (QED) is 0.124. The Bertz CT molecular complexity index is 2440. The van der Waals surface area contributed by atoms with E-state index in [4.69, 9.17) is 32.3 Å². The standard InChI is InChI=1S/C32H44N6O17P2/c1-15-9-36(30(44)33-27(15)41)24-6-18(40)22(52-24)13-49-56(4,47)55-20-8-26(38-11-17(3)29(43)35-32(38)46)53-23(20)14-50-57(5,48)54-19-7-25(51-21(19)12-39)37-10-16(2)28(42)34-31(37)45/h9-11,18-26,39-40H,6-8,12-14H2,1-5H3,(H,33,41,44)(H,34,42,45)(H,35,43,46)/t18-,19-,20-,21+,22+,23+,24+,25+,26+,56?,57?/m0/s1. The Hall–Kier alpha value is -3.86. The zero-order valence-corrected chi connectivity index (χ0v) is 33.2. The van der Waals surface area contributed by atoms with E-state index in [0.29, 0.717) is 0 Å². The number of rotatable bonds is 14. The molecule has 0 saturated carbocycles. The molecule has 23 nitrogen and oxygen atoms in total. The highest BCUT2D eigenvalue weighted by Gasteiger charge is 2.45. The first-order valence-corrected chi connectivity index (χ1v) is 21.7. The fourth-order valence-electron chi connectivity index (χ4n) is 6.68. The fraction of sp³-hybridized carbons (Fsp3) is 0.625. The third-order valence-corrected chi connectivity index (χ3v) is 12.3. The van der Waals surface area contributed by atoms with Crippen molar-refractivity contribution in [1.82, 2.24) is 28.7 Å². The Morgan fingerprint density at radius 1 is 0.632 bits per heavy atom. The summed E-state index contributed by atoms with van der Waals surface area (Å²) < 4.78 is 71.4. The molecule has 6 rings (SSSR count). The summed E-state index contributed by atoms with van der Waals surface area (Å²) in [4.78, 5) is 79.8. The topological polar surface area (TPSA) is 304 Å². The molecular formula is C32H44N6O17P2. The van der Waals surface area contributed by atoms with Crippen LogP contribution in [0.15, 0.2) is 47.4 Å². The summed E-state index contributed by atoms with van der Waals surface area (Å²) >= 11 is 0. The van der Waals surface area contributed by atoms with Gasteiger partial charge in [-0.2, -0.15) is 0 Å². The van der Waals surface area contributed by atoms with Crippen LogP contribution >= 0.6 is 15.2 Å². The predicted molar refractivity (Wildman–Crippen MR) is 196 cm³/mol. The van der Waals surface area contributed by atoms with Crippen LogP contribution in [0.5, 0.6) is 0 Å². The van der Waals surface area contributed by atoms with E-state index < -0.39 is 124 Å². The van der Waals surface area contributed by atoms with Gasteiger partial charge in [-0.3, -0.25) is 52.2 Å². The van der Waals surface area contributed by atoms with Gasteiger partial charge in [-0.15, -0.1) is 0 Å². The van der Waals surface area contributed by atoms with Crippen molar-refractivity contribution in [2.24, 2.45) is 0 Å². The molecule has 0 spiro atoms. The minimum Gasteiger partial charge on any atom is -0.394 e. The number of aromatic nitrogens is 6. The van der Waals surface area contributed by atoms with Crippen molar-refractivity contribution in [2.45, 2.75) is 95.3 Å². The van der Waals surface area contributed by atoms with E-state index in [0.717, 1.165) is 27.0 Å². The third-order valence-electron chi connectivity index (χ3n) is 9.71. The molecule has 3 aliphatic heterocycles. The number of nitrogens with zero attached hydrogens (tertiary/aromatic N) is 3. The maximum Gasteiger partial charge on any atom is 0.330 e. The summed E-state index contributed by atoms with van der Waals surface area (Å²) in [5.41, 5.74) is -3.41. The molecule has 0 aromatic carbocycles. The lowest BCUT2D eigenvalue weighted by atomic mass is 10.2. The van der Waals surface area contributed by atoms with Gasteiger partial charge in [0.25, 0.3) is 16.7 Å². The van der Waals surface area contributed by atoms with Gasteiger partial charge in [-0.1, -0.05) is 0 Å². The van der Waals surface area contributed by atoms with Gasteiger partial charge in [0.05, 0.1) is 38.1 Å². The second kappa shape index (κ2) is 16.8. The number of ether oxygens (including phenoxy) is 3. The molecule has 3 aliphatic rings. The van der Waals surface area contributed by atoms with Gasteiger partial charge >= 0.3 is 32.3 Å². The molecular weight excluding hydrogens is 802 g/mol. The van der Waals surface area contributed by atoms with Gasteiger partial charge in [0.15, 0.2) is 0 Å². The first kappa shape index (κ1) is 42.7. The minimum absolute atomic E-state index is 0.0453. The molecule has 314 valence electrons. The average Bonchev–Trinajstić information content (AvgIpc) is 3.83. The zero-order chi connectivity index (χ0) is 41.6. The van der Waals surface area contributed by atoms with E-state index in [9.17, 15) is 48.1 Å². The summed E-state index contributed by atoms with van der Waals surface area (Å²) in [6, 6.07) is 0. The summed E-state index contributed by atoms with van der Waals surface area (Å²) in [6.45, 7) is 5.24. The second-order valence-corrected chi connectivity index (χ2v) is 18.2. The summed E-state index contributed by atoms with van der Waals surface area (Å²) in [6.07, 6.45) is -6.01. The van der Waals surface area contributed by atoms with Crippen LogP contribution in [0, 0.1) is 20.8 Å². The summed E-state index contributed by atoms with van der Waals surface area (Å²) in [5, 5.41) is 20.6. The minimum atomic E-state index is -4.05. The van der Waals surface area contributed by atoms with Crippen molar-refractivity contribution >= 4 is 15.2 Å². The van der Waals surface area contributed by atoms with Crippen molar-refractivity contribution < 1.29 is 51.6 Å². The summed E-state index contributed by atoms with van der Waals surface area (Å²) in [5.74, 6) is 0. The highest BCUT2D eigenvalue weighted by molar-refractivity contribution is 7.53. The third kappa shape index (κ3) is 9.72. The van der Waals surface area contributed by atoms with Gasteiger partial charge in [0, 0.05) is 67.9 Å². The molecule has 3 aromatic heterocycles. The van der Waals surface area contributed by atoms with Crippen LogP contribution in [0.25, 0.3) is 0 Å². The van der Waals surface area contributed by atoms with Crippen LogP contribution in [0.2, 0.25) is 0 Å². The number of aliphatic hydroxyl groups excluding tert-OH is 2. The van der Waals surface area contributed by atoms with Gasteiger partial charge in [-0.25, -0.2) is 14.4 Å². The molecule has 11 atom stereocenters. The van der Waals surface area contributed by atoms with Crippen LogP contribution in [0.3, 0.4) is 0 Å². The molecule has 0 aliphatic carbocycles. The number of H-pyrrole nitrogens is 3. The Morgan fingerprint density at radius 2 is 0.982 bits per heavy atom. The highest BCUT2D eigenvalue weighted by atomic mass is 31.2. The van der Waals surface area contributed by atoms with Crippen molar-refractivity contribution in [1.29, 1.82) is 0 Å². The number of hydrogen-bond donors (Lipinski definition) is 5. The second-order valence-electron chi connectivity index (χ2n) is 14.2. The number of aliphatic hydroxyl groups is 2. The molecule has 57 heavy (non-hydrogen) atoms. The molecule has 25 heteroatoms. The molecule has 3 fully saturated rings. The monoisotopic (exact) mass is 846 g/mol. The summed E-state index contributed by atoms with van der Waals surface area (Å²) in [7, 11) is -8.09. The lowest BCUT2D eigenvalue weighted by Gasteiger charge is -2.26. The normalized spacial score (nSPS) is 29.7. The number of nitrogens with one attached hydrogen (secondary N) is 3. The Kier molecular flexibility index (Phi) is 12.6. The van der Waals surface area contributed by atoms with Crippen molar-refractivity contribution in [3.63, 3.8) is 0 Å². The van der Waals surface area contributed by atoms with Crippen LogP contribution in [0.1, 0.15) is 54.6 Å². The molecule has 6 heterocycles. The maximum atomic E-state index is 13.7. The maximum absolute atomic E-state index is 13.7. The van der Waals surface area contributed by atoms with Crippen LogP contribution in [0.4, 0.5) is 0 Å². The number of aromatic amines is 3. The van der Waals surface area contributed by atoms with Crippen molar-refractivity contribution in [3.05, 3.63) is 97.8 Å². The molecule has 2 unspecified atom stereocenters. The lowest BCUT2D eigenvalue weighted by Crippen LogP contribution is -2.33. The SMILES string of the molecule is Cc1cn([C@H]2C[C@H](OP(C)(=O)OC[C@H]3O[C@@H](n4cc(C)c(=O)[nH]c4=O)C[C@@H]3OP(C)(=O)OC[C@H]3O[C@@H](n4cc(C)c(=O)[nH]c4=O)C[C@@H]3O)[C@@H](CO)O2)c(=O)[nH]c1=O. The molecule has 0 radical (unpaired) electrons. The van der Waals surface area contributed by atoms with Gasteiger partial charge in [0.1, 0.15) is 37.0 Å². The highest BCUT2D eigenvalue weighted by Crippen LogP contribution is 2.52. The van der Waals surface area contributed by atoms with E-state index in [1.165, 1.54) is 39.4 Å². The lowest BCUT2D eigenvalue weighted by molar-refractivity contribution is -0.0544. The Balaban J connectivity index is 1.14. The Labute approximate surface area is 321 Å². The zero-order valence-electron chi connectivity index (χ0n) is 31.4. The Morgan fingerprint density at radius 3 is 1.40 bits per heavy atom. The van der Waals surface area contributed by atoms with E-state index in [1.54, 1.807) is 0 Å². The smallest absolute Gasteiger partial charge is 0.330 e. The molecule has 3 aromatic rings. The largest absolute Gasteiger partial charge is 0.394 e.